The molecule has 0 radical (unpaired) electrons. The Morgan fingerprint density at radius 3 is 2.39 bits per heavy atom. The minimum absolute atomic E-state index is 0.123. The highest BCUT2D eigenvalue weighted by Gasteiger charge is 2.17. The van der Waals surface area contributed by atoms with E-state index < -0.39 is 15.9 Å². The number of aryl methyl sites for hydroxylation is 1. The number of benzene rings is 2. The highest BCUT2D eigenvalue weighted by atomic mass is 32.2. The normalized spacial score (nSPS) is 11.8. The van der Waals surface area contributed by atoms with Crippen LogP contribution >= 0.6 is 11.3 Å². The second-order valence-corrected chi connectivity index (χ2v) is 10.7. The maximum atomic E-state index is 13.1. The number of thiophene rings is 1. The van der Waals surface area contributed by atoms with Crippen molar-refractivity contribution in [3.63, 3.8) is 0 Å². The summed E-state index contributed by atoms with van der Waals surface area (Å²) in [5.74, 6) is -0.423. The second-order valence-electron chi connectivity index (χ2n) is 7.73. The maximum absolute atomic E-state index is 13.1. The molecule has 170 valence electrons. The van der Waals surface area contributed by atoms with Crippen molar-refractivity contribution in [3.8, 4) is 11.1 Å². The van der Waals surface area contributed by atoms with Crippen molar-refractivity contribution in [2.75, 3.05) is 19.4 Å². The van der Waals surface area contributed by atoms with Gasteiger partial charge in [0, 0.05) is 30.7 Å². The van der Waals surface area contributed by atoms with Gasteiger partial charge in [-0.25, -0.2) is 17.7 Å². The molecule has 2 aromatic carbocycles. The van der Waals surface area contributed by atoms with Gasteiger partial charge in [-0.2, -0.15) is 0 Å². The van der Waals surface area contributed by atoms with Crippen LogP contribution in [0.3, 0.4) is 0 Å². The van der Waals surface area contributed by atoms with Crippen LogP contribution in [0.25, 0.3) is 21.3 Å². The van der Waals surface area contributed by atoms with Gasteiger partial charge in [0.05, 0.1) is 16.6 Å². The predicted octanol–water partition coefficient (Wildman–Crippen LogP) is 3.32. The molecule has 0 atom stereocenters. The number of sulfonamides is 1. The molecule has 4 aromatic rings. The highest BCUT2D eigenvalue weighted by Crippen LogP contribution is 2.30. The Bertz CT molecular complexity index is 1490. The molecule has 2 heterocycles. The van der Waals surface area contributed by atoms with Gasteiger partial charge in [-0.15, -0.1) is 11.3 Å². The molecule has 1 N–H and O–H groups in total. The van der Waals surface area contributed by atoms with Crippen molar-refractivity contribution in [2.45, 2.75) is 18.4 Å². The number of hydrogen-bond acceptors (Lipinski definition) is 6. The summed E-state index contributed by atoms with van der Waals surface area (Å²) < 4.78 is 26.7. The Hall–Kier alpha value is -3.34. The third-order valence-electron chi connectivity index (χ3n) is 5.15. The van der Waals surface area contributed by atoms with Gasteiger partial charge in [0.1, 0.15) is 11.4 Å². The summed E-state index contributed by atoms with van der Waals surface area (Å²) in [4.78, 5) is 30.8. The molecule has 0 bridgehead atoms. The summed E-state index contributed by atoms with van der Waals surface area (Å²) in [6, 6.07) is 13.7. The van der Waals surface area contributed by atoms with Crippen molar-refractivity contribution in [3.05, 3.63) is 76.2 Å². The molecule has 0 spiro atoms. The summed E-state index contributed by atoms with van der Waals surface area (Å²) in [5.41, 5.74) is 2.97. The summed E-state index contributed by atoms with van der Waals surface area (Å²) in [5, 5.41) is 5.07. The number of fused-ring (bicyclic) bond motifs is 1. The first-order valence-electron chi connectivity index (χ1n) is 10.0. The van der Waals surface area contributed by atoms with Crippen LogP contribution in [0.2, 0.25) is 0 Å². The fraction of sp³-hybridized carbons (Fsp3) is 0.174. The minimum Gasteiger partial charge on any atom is -0.325 e. The van der Waals surface area contributed by atoms with E-state index in [1.54, 1.807) is 0 Å². The predicted molar refractivity (Wildman–Crippen MR) is 130 cm³/mol. The SMILES string of the molecule is Cc1ccc(-c2csc3ncn(CC(=O)Nc4ccc(S(=O)(=O)N(C)C)cc4)c(=O)c23)cc1. The number of nitrogens with zero attached hydrogens (tertiary/aromatic N) is 3. The van der Waals surface area contributed by atoms with Crippen LogP contribution < -0.4 is 10.9 Å². The van der Waals surface area contributed by atoms with Crippen molar-refractivity contribution in [1.29, 1.82) is 0 Å². The molecule has 0 saturated carbocycles. The van der Waals surface area contributed by atoms with Crippen LogP contribution in [-0.4, -0.2) is 42.3 Å². The molecule has 8 nitrogen and oxygen atoms in total. The van der Waals surface area contributed by atoms with Gasteiger partial charge < -0.3 is 5.32 Å². The third-order valence-corrected chi connectivity index (χ3v) is 7.87. The highest BCUT2D eigenvalue weighted by molar-refractivity contribution is 7.89. The van der Waals surface area contributed by atoms with Crippen molar-refractivity contribution in [2.24, 2.45) is 0 Å². The molecule has 0 aliphatic carbocycles. The van der Waals surface area contributed by atoms with Crippen LogP contribution in [0.1, 0.15) is 5.56 Å². The van der Waals surface area contributed by atoms with Crippen LogP contribution in [-0.2, 0) is 21.4 Å². The summed E-state index contributed by atoms with van der Waals surface area (Å²) in [6.07, 6.45) is 1.37. The summed E-state index contributed by atoms with van der Waals surface area (Å²) in [6.45, 7) is 1.78. The van der Waals surface area contributed by atoms with Crippen molar-refractivity contribution >= 4 is 43.2 Å². The number of carbonyl (C=O) groups is 1. The lowest BCUT2D eigenvalue weighted by molar-refractivity contribution is -0.116. The number of nitrogens with one attached hydrogen (secondary N) is 1. The van der Waals surface area contributed by atoms with Gasteiger partial charge in [-0.3, -0.25) is 14.2 Å². The molecule has 2 aromatic heterocycles. The molecule has 0 unspecified atom stereocenters. The first-order chi connectivity index (χ1) is 15.7. The molecule has 10 heteroatoms. The first-order valence-corrected chi connectivity index (χ1v) is 12.3. The Balaban J connectivity index is 1.56. The zero-order chi connectivity index (χ0) is 23.8. The first kappa shape index (κ1) is 22.8. The van der Waals surface area contributed by atoms with Gasteiger partial charge >= 0.3 is 0 Å². The van der Waals surface area contributed by atoms with Gasteiger partial charge in [0.15, 0.2) is 0 Å². The monoisotopic (exact) mass is 482 g/mol. The molecule has 0 saturated heterocycles. The Morgan fingerprint density at radius 2 is 1.76 bits per heavy atom. The quantitative estimate of drug-likeness (QED) is 0.454. The Labute approximate surface area is 195 Å². The minimum atomic E-state index is -3.55. The zero-order valence-corrected chi connectivity index (χ0v) is 19.9. The van der Waals surface area contributed by atoms with E-state index in [2.05, 4.69) is 10.3 Å². The summed E-state index contributed by atoms with van der Waals surface area (Å²) >= 11 is 1.39. The molecule has 33 heavy (non-hydrogen) atoms. The lowest BCUT2D eigenvalue weighted by Crippen LogP contribution is -2.27. The van der Waals surface area contributed by atoms with E-state index in [1.165, 1.54) is 60.6 Å². The number of hydrogen-bond donors (Lipinski definition) is 1. The fourth-order valence-electron chi connectivity index (χ4n) is 3.30. The molecule has 1 amide bonds. The van der Waals surface area contributed by atoms with Gasteiger partial charge in [-0.1, -0.05) is 29.8 Å². The number of aromatic nitrogens is 2. The molecule has 0 aliphatic heterocycles. The number of rotatable bonds is 6. The zero-order valence-electron chi connectivity index (χ0n) is 18.3. The standard InChI is InChI=1S/C23H22N4O4S2/c1-15-4-6-16(7-5-15)19-13-32-22-21(19)23(29)27(14-24-22)12-20(28)25-17-8-10-18(11-9-17)33(30,31)26(2)3/h4-11,13-14H,12H2,1-3H3,(H,25,28). The average Bonchev–Trinajstić information content (AvgIpc) is 3.21. The third kappa shape index (κ3) is 4.58. The molecule has 0 aliphatic rings. The van der Waals surface area contributed by atoms with E-state index >= 15 is 0 Å². The Morgan fingerprint density at radius 1 is 1.09 bits per heavy atom. The van der Waals surface area contributed by atoms with Crippen LogP contribution in [0.5, 0.6) is 0 Å². The van der Waals surface area contributed by atoms with Gasteiger partial charge in [0.2, 0.25) is 15.9 Å². The van der Waals surface area contributed by atoms with E-state index in [0.717, 1.165) is 21.0 Å². The van der Waals surface area contributed by atoms with E-state index in [1.807, 2.05) is 36.6 Å². The van der Waals surface area contributed by atoms with Crippen LogP contribution in [0, 0.1) is 6.92 Å². The Kier molecular flexibility index (Phi) is 6.15. The fourth-order valence-corrected chi connectivity index (χ4v) is 5.11. The maximum Gasteiger partial charge on any atom is 0.263 e. The second kappa shape index (κ2) is 8.89. The van der Waals surface area contributed by atoms with E-state index in [9.17, 15) is 18.0 Å². The van der Waals surface area contributed by atoms with Crippen LogP contribution in [0.4, 0.5) is 5.69 Å². The van der Waals surface area contributed by atoms with Crippen molar-refractivity contribution in [1.82, 2.24) is 13.9 Å². The number of anilines is 1. The van der Waals surface area contributed by atoms with Gasteiger partial charge in [0.25, 0.3) is 5.56 Å². The molecule has 0 fully saturated rings. The average molecular weight is 483 g/mol. The van der Waals surface area contributed by atoms with E-state index in [0.29, 0.717) is 15.9 Å². The lowest BCUT2D eigenvalue weighted by Gasteiger charge is -2.12. The number of carbonyl (C=O) groups excluding carboxylic acids is 1. The lowest BCUT2D eigenvalue weighted by atomic mass is 10.1. The van der Waals surface area contributed by atoms with Crippen molar-refractivity contribution < 1.29 is 13.2 Å². The van der Waals surface area contributed by atoms with Crippen LogP contribution in [0.15, 0.2) is 69.9 Å². The molecule has 4 rings (SSSR count). The topological polar surface area (TPSA) is 101 Å². The summed E-state index contributed by atoms with van der Waals surface area (Å²) in [7, 11) is -0.654. The number of amides is 1. The molecular formula is C23H22N4O4S2. The molecular weight excluding hydrogens is 460 g/mol. The van der Waals surface area contributed by atoms with Gasteiger partial charge in [-0.05, 0) is 36.8 Å². The largest absolute Gasteiger partial charge is 0.325 e. The van der Waals surface area contributed by atoms with E-state index in [4.69, 9.17) is 0 Å². The smallest absolute Gasteiger partial charge is 0.263 e. The van der Waals surface area contributed by atoms with E-state index in [-0.39, 0.29) is 17.0 Å².